The van der Waals surface area contributed by atoms with E-state index in [0.29, 0.717) is 17.8 Å². The van der Waals surface area contributed by atoms with Crippen LogP contribution in [0.4, 0.5) is 13.2 Å². The maximum absolute atomic E-state index is 13.4. The van der Waals surface area contributed by atoms with Crippen LogP contribution in [-0.2, 0) is 15.8 Å². The summed E-state index contributed by atoms with van der Waals surface area (Å²) in [5.41, 5.74) is -0.978. The number of fused-ring (bicyclic) bond motifs is 5. The van der Waals surface area contributed by atoms with E-state index in [4.69, 9.17) is 0 Å². The molecule has 1 aromatic rings. The van der Waals surface area contributed by atoms with Crippen LogP contribution in [-0.4, -0.2) is 17.1 Å². The van der Waals surface area contributed by atoms with E-state index >= 15 is 0 Å². The summed E-state index contributed by atoms with van der Waals surface area (Å²) in [6.07, 6.45) is 4.86. The van der Waals surface area contributed by atoms with Crippen molar-refractivity contribution in [1.29, 1.82) is 0 Å². The van der Waals surface area contributed by atoms with Gasteiger partial charge in [0.05, 0.1) is 5.56 Å². The number of alkyl halides is 3. The Bertz CT molecular complexity index is 1010. The summed E-state index contributed by atoms with van der Waals surface area (Å²) in [6.45, 7) is 4.46. The van der Waals surface area contributed by atoms with Crippen LogP contribution >= 0.6 is 11.8 Å². The van der Waals surface area contributed by atoms with Crippen molar-refractivity contribution in [2.45, 2.75) is 69.5 Å². The molecule has 0 radical (unpaired) electrons. The van der Waals surface area contributed by atoms with Crippen LogP contribution in [0.25, 0.3) is 0 Å². The van der Waals surface area contributed by atoms with Crippen LogP contribution in [0.3, 0.4) is 0 Å². The van der Waals surface area contributed by atoms with Crippen LogP contribution in [0.15, 0.2) is 41.3 Å². The Hall–Kier alpha value is -1.76. The zero-order valence-electron chi connectivity index (χ0n) is 19.0. The lowest BCUT2D eigenvalue weighted by Gasteiger charge is -2.58. The fourth-order valence-electron chi connectivity index (χ4n) is 7.69. The van der Waals surface area contributed by atoms with Crippen molar-refractivity contribution in [3.8, 4) is 0 Å². The van der Waals surface area contributed by atoms with Crippen LogP contribution in [0.1, 0.15) is 57.9 Å². The average Bonchev–Trinajstić information content (AvgIpc) is 3.11. The number of carbonyl (C=O) groups excluding carboxylic acids is 2. The van der Waals surface area contributed by atoms with Crippen molar-refractivity contribution in [3.63, 3.8) is 0 Å². The Morgan fingerprint density at radius 3 is 2.58 bits per heavy atom. The van der Waals surface area contributed by atoms with Crippen molar-refractivity contribution < 1.29 is 22.8 Å². The van der Waals surface area contributed by atoms with Gasteiger partial charge in [-0.1, -0.05) is 43.8 Å². The van der Waals surface area contributed by atoms with Crippen molar-refractivity contribution >= 4 is 22.8 Å². The normalized spacial score (nSPS) is 39.9. The van der Waals surface area contributed by atoms with Gasteiger partial charge in [-0.05, 0) is 79.9 Å². The molecular formula is C26H30F3NO2S. The fraction of sp³-hybridized carbons (Fsp3) is 0.615. The van der Waals surface area contributed by atoms with Gasteiger partial charge in [0, 0.05) is 22.3 Å². The molecule has 0 aromatic heterocycles. The van der Waals surface area contributed by atoms with Crippen LogP contribution in [0.2, 0.25) is 0 Å². The summed E-state index contributed by atoms with van der Waals surface area (Å²) in [5.74, 6) is 1.10. The summed E-state index contributed by atoms with van der Waals surface area (Å²) in [7, 11) is 0. The van der Waals surface area contributed by atoms with Crippen LogP contribution < -0.4 is 5.32 Å². The molecule has 3 aliphatic carbocycles. The monoisotopic (exact) mass is 477 g/mol. The molecule has 1 heterocycles. The number of benzene rings is 1. The highest BCUT2D eigenvalue weighted by atomic mass is 32.2. The number of nitrogens with one attached hydrogen (secondary N) is 1. The summed E-state index contributed by atoms with van der Waals surface area (Å²) in [5, 5.41) is 3.03. The zero-order valence-corrected chi connectivity index (χ0v) is 19.8. The first-order chi connectivity index (χ1) is 15.5. The molecule has 7 heteroatoms. The largest absolute Gasteiger partial charge is 0.417 e. The van der Waals surface area contributed by atoms with Crippen molar-refractivity contribution in [2.75, 3.05) is 0 Å². The predicted octanol–water partition coefficient (Wildman–Crippen LogP) is 6.24. The van der Waals surface area contributed by atoms with E-state index in [1.807, 2.05) is 0 Å². The number of halogens is 3. The summed E-state index contributed by atoms with van der Waals surface area (Å²) >= 11 is 0.778. The first-order valence-electron chi connectivity index (χ1n) is 11.9. The van der Waals surface area contributed by atoms with Gasteiger partial charge in [-0.3, -0.25) is 9.59 Å². The van der Waals surface area contributed by atoms with Crippen LogP contribution in [0.5, 0.6) is 0 Å². The number of hydrogen-bond acceptors (Lipinski definition) is 3. The summed E-state index contributed by atoms with van der Waals surface area (Å²) < 4.78 is 40.3. The highest BCUT2D eigenvalue weighted by molar-refractivity contribution is 8.13. The highest BCUT2D eigenvalue weighted by Gasteiger charge is 2.60. The van der Waals surface area contributed by atoms with E-state index in [2.05, 4.69) is 25.2 Å². The molecule has 1 N–H and O–H groups in total. The molecule has 3 saturated carbocycles. The summed E-state index contributed by atoms with van der Waals surface area (Å²) in [6, 6.07) is 5.54. The second kappa shape index (κ2) is 7.89. The van der Waals surface area contributed by atoms with Crippen molar-refractivity contribution in [2.24, 2.45) is 34.5 Å². The minimum absolute atomic E-state index is 0.00633. The molecular weight excluding hydrogens is 447 g/mol. The van der Waals surface area contributed by atoms with Gasteiger partial charge < -0.3 is 5.32 Å². The van der Waals surface area contributed by atoms with Gasteiger partial charge in [0.15, 0.2) is 5.12 Å². The molecule has 1 aromatic carbocycles. The Morgan fingerprint density at radius 1 is 1.06 bits per heavy atom. The average molecular weight is 478 g/mol. The van der Waals surface area contributed by atoms with Gasteiger partial charge in [0.25, 0.3) is 0 Å². The number of hydrogen-bond donors (Lipinski definition) is 1. The molecule has 0 unspecified atom stereocenters. The molecule has 4 aliphatic rings. The molecule has 1 amide bonds. The summed E-state index contributed by atoms with van der Waals surface area (Å²) in [4.78, 5) is 25.3. The quantitative estimate of drug-likeness (QED) is 0.513. The first-order valence-corrected chi connectivity index (χ1v) is 12.7. The Kier molecular flexibility index (Phi) is 5.50. The SMILES string of the molecule is C[C@]12C=CC(=O)N[C@@H]1CC[C@@H]1[C@@H]2CC[C@]2(C)[C@@H](C(=O)Sc3ccccc3C(F)(F)F)CC[C@@H]12. The van der Waals surface area contributed by atoms with Gasteiger partial charge in [-0.15, -0.1) is 0 Å². The Morgan fingerprint density at radius 2 is 1.82 bits per heavy atom. The van der Waals surface area contributed by atoms with Gasteiger partial charge in [0.2, 0.25) is 5.91 Å². The molecule has 33 heavy (non-hydrogen) atoms. The van der Waals surface area contributed by atoms with Crippen molar-refractivity contribution in [3.05, 3.63) is 42.0 Å². The number of thioether (sulfide) groups is 1. The third kappa shape index (κ3) is 3.65. The van der Waals surface area contributed by atoms with E-state index in [0.717, 1.165) is 56.4 Å². The smallest absolute Gasteiger partial charge is 0.349 e. The molecule has 3 fully saturated rings. The van der Waals surface area contributed by atoms with Gasteiger partial charge in [-0.25, -0.2) is 0 Å². The third-order valence-corrected chi connectivity index (χ3v) is 10.4. The molecule has 7 atom stereocenters. The first kappa shape index (κ1) is 23.0. The highest BCUT2D eigenvalue weighted by Crippen LogP contribution is 2.65. The maximum atomic E-state index is 13.4. The Labute approximate surface area is 197 Å². The molecule has 0 saturated heterocycles. The van der Waals surface area contributed by atoms with E-state index in [1.165, 1.54) is 12.1 Å². The third-order valence-electron chi connectivity index (χ3n) is 9.37. The molecule has 3 nitrogen and oxygen atoms in total. The Balaban J connectivity index is 1.37. The van der Waals surface area contributed by atoms with Gasteiger partial charge in [-0.2, -0.15) is 13.2 Å². The van der Waals surface area contributed by atoms with Crippen LogP contribution in [0, 0.1) is 34.5 Å². The fourth-order valence-corrected chi connectivity index (χ4v) is 8.88. The molecule has 0 bridgehead atoms. The molecule has 5 rings (SSSR count). The second-order valence-corrected chi connectivity index (χ2v) is 11.9. The number of rotatable bonds is 2. The van der Waals surface area contributed by atoms with Gasteiger partial charge >= 0.3 is 6.18 Å². The lowest BCUT2D eigenvalue weighted by molar-refractivity contribution is -0.139. The number of carbonyl (C=O) groups is 2. The topological polar surface area (TPSA) is 46.2 Å². The lowest BCUT2D eigenvalue weighted by atomic mass is 9.48. The molecule has 0 spiro atoms. The minimum atomic E-state index is -4.47. The van der Waals surface area contributed by atoms with E-state index in [9.17, 15) is 22.8 Å². The van der Waals surface area contributed by atoms with Gasteiger partial charge in [0.1, 0.15) is 0 Å². The second-order valence-electron chi connectivity index (χ2n) is 10.8. The standard InChI is InChI=1S/C26H30F3NO2S/c1-24-13-11-17-15(7-10-21-25(17,2)14-12-22(31)30-21)16(24)8-9-19(24)23(32)33-20-6-4-3-5-18(20)26(27,28)29/h3-6,12,14-17,19,21H,7-11,13H2,1-2H3,(H,30,31)/t15-,16-,17-,19+,21+,24-,25+/m0/s1. The maximum Gasteiger partial charge on any atom is 0.417 e. The van der Waals surface area contributed by atoms with E-state index in [1.54, 1.807) is 12.1 Å². The molecule has 1 aliphatic heterocycles. The van der Waals surface area contributed by atoms with E-state index in [-0.39, 0.29) is 38.7 Å². The molecule has 178 valence electrons. The lowest BCUT2D eigenvalue weighted by Crippen LogP contribution is -2.59. The predicted molar refractivity (Wildman–Crippen MR) is 121 cm³/mol. The minimum Gasteiger partial charge on any atom is -0.349 e. The van der Waals surface area contributed by atoms with Crippen molar-refractivity contribution in [1.82, 2.24) is 5.32 Å². The zero-order chi connectivity index (χ0) is 23.6. The van der Waals surface area contributed by atoms with E-state index < -0.39 is 11.7 Å². The number of amides is 1.